The fourth-order valence-corrected chi connectivity index (χ4v) is 4.52. The topological polar surface area (TPSA) is 59.4 Å². The normalized spacial score (nSPS) is 11.5. The highest BCUT2D eigenvalue weighted by Crippen LogP contribution is 2.29. The SMILES string of the molecule is COc1ccc(-c2csc(N/N=C(\C)c3sc(-c4ccccc4)nc3C)n2)cc1. The molecule has 0 aliphatic carbocycles. The maximum absolute atomic E-state index is 5.20. The van der Waals surface area contributed by atoms with E-state index in [1.165, 1.54) is 11.3 Å². The second-order valence-corrected chi connectivity index (χ2v) is 8.23. The number of hydrogen-bond acceptors (Lipinski definition) is 7. The first-order valence-corrected chi connectivity index (χ1v) is 10.8. The maximum atomic E-state index is 5.20. The van der Waals surface area contributed by atoms with Gasteiger partial charge in [-0.25, -0.2) is 9.97 Å². The molecular weight excluding hydrogens is 400 g/mol. The number of thiazole rings is 2. The van der Waals surface area contributed by atoms with Gasteiger partial charge in [-0.15, -0.1) is 22.7 Å². The van der Waals surface area contributed by atoms with Crippen LogP contribution in [0.4, 0.5) is 5.13 Å². The molecule has 0 aliphatic rings. The Kier molecular flexibility index (Phi) is 5.69. The molecule has 2 aromatic carbocycles. The number of aryl methyl sites for hydroxylation is 1. The molecule has 0 amide bonds. The summed E-state index contributed by atoms with van der Waals surface area (Å²) in [6.07, 6.45) is 0. The molecule has 4 rings (SSSR count). The van der Waals surface area contributed by atoms with Crippen molar-refractivity contribution in [1.29, 1.82) is 0 Å². The molecule has 0 aliphatic heterocycles. The summed E-state index contributed by atoms with van der Waals surface area (Å²) in [6, 6.07) is 18.1. The molecule has 0 saturated heterocycles. The van der Waals surface area contributed by atoms with Gasteiger partial charge in [0.2, 0.25) is 5.13 Å². The van der Waals surface area contributed by atoms with Gasteiger partial charge in [0.05, 0.1) is 29.1 Å². The van der Waals surface area contributed by atoms with Crippen LogP contribution in [0.3, 0.4) is 0 Å². The Balaban J connectivity index is 1.49. The Morgan fingerprint density at radius 2 is 1.76 bits per heavy atom. The summed E-state index contributed by atoms with van der Waals surface area (Å²) in [4.78, 5) is 10.4. The standard InChI is InChI=1S/C22H20N4OS2/c1-14-20(29-21(23-14)17-7-5-4-6-8-17)15(2)25-26-22-24-19(13-28-22)16-9-11-18(27-3)12-10-16/h4-13H,1-3H3,(H,24,26)/b25-15+. The first kappa shape index (κ1) is 19.3. The first-order valence-electron chi connectivity index (χ1n) is 9.07. The Bertz CT molecular complexity index is 1130. The van der Waals surface area contributed by atoms with Crippen molar-refractivity contribution in [3.05, 3.63) is 70.5 Å². The molecule has 2 aromatic heterocycles. The predicted molar refractivity (Wildman–Crippen MR) is 122 cm³/mol. The van der Waals surface area contributed by atoms with Crippen LogP contribution in [0.2, 0.25) is 0 Å². The van der Waals surface area contributed by atoms with E-state index in [9.17, 15) is 0 Å². The third kappa shape index (κ3) is 4.36. The van der Waals surface area contributed by atoms with Gasteiger partial charge in [-0.05, 0) is 38.1 Å². The molecule has 4 aromatic rings. The lowest BCUT2D eigenvalue weighted by molar-refractivity contribution is 0.415. The molecule has 0 radical (unpaired) electrons. The van der Waals surface area contributed by atoms with E-state index in [-0.39, 0.29) is 0 Å². The zero-order valence-electron chi connectivity index (χ0n) is 16.3. The Morgan fingerprint density at radius 1 is 1.00 bits per heavy atom. The molecule has 1 N–H and O–H groups in total. The summed E-state index contributed by atoms with van der Waals surface area (Å²) in [5, 5.41) is 8.30. The van der Waals surface area contributed by atoms with E-state index >= 15 is 0 Å². The molecule has 0 unspecified atom stereocenters. The number of nitrogens with zero attached hydrogens (tertiary/aromatic N) is 3. The zero-order chi connectivity index (χ0) is 20.2. The number of hydrogen-bond donors (Lipinski definition) is 1. The van der Waals surface area contributed by atoms with Crippen LogP contribution in [0.5, 0.6) is 5.75 Å². The highest BCUT2D eigenvalue weighted by atomic mass is 32.1. The van der Waals surface area contributed by atoms with E-state index in [1.807, 2.05) is 61.7 Å². The van der Waals surface area contributed by atoms with Crippen LogP contribution in [0.1, 0.15) is 17.5 Å². The van der Waals surface area contributed by atoms with Gasteiger partial charge in [0.1, 0.15) is 10.8 Å². The van der Waals surface area contributed by atoms with Gasteiger partial charge >= 0.3 is 0 Å². The van der Waals surface area contributed by atoms with Crippen LogP contribution in [0, 0.1) is 6.92 Å². The zero-order valence-corrected chi connectivity index (χ0v) is 18.0. The average Bonchev–Trinajstić information content (AvgIpc) is 3.40. The van der Waals surface area contributed by atoms with Gasteiger partial charge in [-0.2, -0.15) is 5.10 Å². The Labute approximate surface area is 177 Å². The van der Waals surface area contributed by atoms with Crippen molar-refractivity contribution in [3.63, 3.8) is 0 Å². The highest BCUT2D eigenvalue weighted by molar-refractivity contribution is 7.17. The molecule has 0 fully saturated rings. The summed E-state index contributed by atoms with van der Waals surface area (Å²) < 4.78 is 5.20. The summed E-state index contributed by atoms with van der Waals surface area (Å²) >= 11 is 3.18. The number of anilines is 1. The van der Waals surface area contributed by atoms with E-state index in [0.29, 0.717) is 0 Å². The van der Waals surface area contributed by atoms with Crippen LogP contribution >= 0.6 is 22.7 Å². The minimum atomic E-state index is 0.751. The molecule has 0 spiro atoms. The average molecular weight is 421 g/mol. The fourth-order valence-electron chi connectivity index (χ4n) is 2.84. The molecule has 0 bridgehead atoms. The van der Waals surface area contributed by atoms with Crippen molar-refractivity contribution >= 4 is 33.5 Å². The van der Waals surface area contributed by atoms with Gasteiger partial charge in [0.15, 0.2) is 0 Å². The lowest BCUT2D eigenvalue weighted by Gasteiger charge is -2.01. The Hall–Kier alpha value is -3.03. The fraction of sp³-hybridized carbons (Fsp3) is 0.136. The van der Waals surface area contributed by atoms with Crippen molar-refractivity contribution in [2.45, 2.75) is 13.8 Å². The summed E-state index contributed by atoms with van der Waals surface area (Å²) in [5.74, 6) is 0.831. The first-order chi connectivity index (χ1) is 14.1. The van der Waals surface area contributed by atoms with Crippen molar-refractivity contribution in [3.8, 4) is 27.6 Å². The molecule has 29 heavy (non-hydrogen) atoms. The minimum Gasteiger partial charge on any atom is -0.497 e. The quantitative estimate of drug-likeness (QED) is 0.303. The number of nitrogens with one attached hydrogen (secondary N) is 1. The largest absolute Gasteiger partial charge is 0.497 e. The molecular formula is C22H20N4OS2. The molecule has 146 valence electrons. The van der Waals surface area contributed by atoms with Crippen LogP contribution in [0.15, 0.2) is 65.1 Å². The number of aromatic nitrogens is 2. The number of rotatable bonds is 6. The van der Waals surface area contributed by atoms with E-state index in [2.05, 4.69) is 27.6 Å². The lowest BCUT2D eigenvalue weighted by Crippen LogP contribution is -1.99. The third-order valence-corrected chi connectivity index (χ3v) is 6.42. The predicted octanol–water partition coefficient (Wildman–Crippen LogP) is 6.09. The number of methoxy groups -OCH3 is 1. The van der Waals surface area contributed by atoms with Crippen molar-refractivity contribution in [2.75, 3.05) is 12.5 Å². The highest BCUT2D eigenvalue weighted by Gasteiger charge is 2.12. The van der Waals surface area contributed by atoms with Gasteiger partial charge in [-0.1, -0.05) is 30.3 Å². The van der Waals surface area contributed by atoms with Crippen LogP contribution < -0.4 is 10.2 Å². The van der Waals surface area contributed by atoms with E-state index in [1.54, 1.807) is 18.4 Å². The summed E-state index contributed by atoms with van der Waals surface area (Å²) in [7, 11) is 1.66. The van der Waals surface area contributed by atoms with Crippen LogP contribution in [-0.2, 0) is 0 Å². The van der Waals surface area contributed by atoms with E-state index < -0.39 is 0 Å². The smallest absolute Gasteiger partial charge is 0.203 e. The molecule has 5 nitrogen and oxygen atoms in total. The molecule has 0 saturated carbocycles. The number of hydrazone groups is 1. The van der Waals surface area contributed by atoms with Crippen molar-refractivity contribution in [2.24, 2.45) is 5.10 Å². The maximum Gasteiger partial charge on any atom is 0.203 e. The van der Waals surface area contributed by atoms with Gasteiger partial charge in [0.25, 0.3) is 0 Å². The second kappa shape index (κ2) is 8.55. The molecule has 2 heterocycles. The monoisotopic (exact) mass is 420 g/mol. The van der Waals surface area contributed by atoms with E-state index in [0.717, 1.165) is 49.0 Å². The molecule has 0 atom stereocenters. The minimum absolute atomic E-state index is 0.751. The second-order valence-electron chi connectivity index (χ2n) is 6.37. The number of ether oxygens (including phenoxy) is 1. The van der Waals surface area contributed by atoms with Crippen LogP contribution in [0.25, 0.3) is 21.8 Å². The van der Waals surface area contributed by atoms with Gasteiger partial charge in [0, 0.05) is 16.5 Å². The van der Waals surface area contributed by atoms with Crippen molar-refractivity contribution < 1.29 is 4.74 Å². The Morgan fingerprint density at radius 3 is 2.48 bits per heavy atom. The lowest BCUT2D eigenvalue weighted by atomic mass is 10.2. The van der Waals surface area contributed by atoms with Gasteiger partial charge in [-0.3, -0.25) is 5.43 Å². The summed E-state index contributed by atoms with van der Waals surface area (Å²) in [6.45, 7) is 4.00. The van der Waals surface area contributed by atoms with E-state index in [4.69, 9.17) is 9.72 Å². The number of benzene rings is 2. The third-order valence-electron chi connectivity index (χ3n) is 4.36. The van der Waals surface area contributed by atoms with Gasteiger partial charge < -0.3 is 4.74 Å². The van der Waals surface area contributed by atoms with Crippen LogP contribution in [-0.4, -0.2) is 22.8 Å². The summed E-state index contributed by atoms with van der Waals surface area (Å²) in [5.41, 5.74) is 8.03. The molecule has 7 heteroatoms. The van der Waals surface area contributed by atoms with Crippen molar-refractivity contribution in [1.82, 2.24) is 9.97 Å².